The number of hydrogen-bond donors (Lipinski definition) is 0. The summed E-state index contributed by atoms with van der Waals surface area (Å²) >= 11 is 0. The minimum atomic E-state index is 0.910. The van der Waals surface area contributed by atoms with Crippen LogP contribution in [-0.4, -0.2) is 9.52 Å². The van der Waals surface area contributed by atoms with Gasteiger partial charge >= 0.3 is 0 Å². The van der Waals surface area contributed by atoms with Crippen molar-refractivity contribution in [3.63, 3.8) is 0 Å². The third kappa shape index (κ3) is 3.77. The molecule has 0 saturated carbocycles. The zero-order valence-electron chi connectivity index (χ0n) is 8.59. The average Bonchev–Trinajstić information content (AvgIpc) is 2.19. The van der Waals surface area contributed by atoms with Gasteiger partial charge in [0.1, 0.15) is 0 Å². The first kappa shape index (κ1) is 10.5. The lowest BCUT2D eigenvalue weighted by molar-refractivity contribution is 0.696. The summed E-state index contributed by atoms with van der Waals surface area (Å²) in [5.74, 6) is 0. The molecular formula is C12H18Si. The topological polar surface area (TPSA) is 0 Å². The zero-order valence-corrected chi connectivity index (χ0v) is 9.59. The SMILES string of the molecule is CCCC(CC)[Si]c1ccccc1. The van der Waals surface area contributed by atoms with Gasteiger partial charge in [-0.05, 0) is 5.54 Å². The molecule has 0 amide bonds. The van der Waals surface area contributed by atoms with Crippen LogP contribution in [0.15, 0.2) is 30.3 Å². The summed E-state index contributed by atoms with van der Waals surface area (Å²) in [4.78, 5) is 0. The quantitative estimate of drug-likeness (QED) is 0.626. The maximum atomic E-state index is 2.30. The van der Waals surface area contributed by atoms with E-state index in [0.29, 0.717) is 0 Å². The van der Waals surface area contributed by atoms with Crippen molar-refractivity contribution in [3.8, 4) is 0 Å². The maximum absolute atomic E-state index is 2.30. The van der Waals surface area contributed by atoms with Crippen LogP contribution in [-0.2, 0) is 0 Å². The molecule has 0 heterocycles. The van der Waals surface area contributed by atoms with Gasteiger partial charge in [-0.2, -0.15) is 0 Å². The van der Waals surface area contributed by atoms with E-state index in [0.717, 1.165) is 15.1 Å². The number of rotatable bonds is 5. The first-order valence-corrected chi connectivity index (χ1v) is 6.26. The van der Waals surface area contributed by atoms with Gasteiger partial charge in [0.15, 0.2) is 0 Å². The normalized spacial score (nSPS) is 12.8. The lowest BCUT2D eigenvalue weighted by Gasteiger charge is -2.11. The molecule has 0 saturated heterocycles. The highest BCUT2D eigenvalue weighted by Crippen LogP contribution is 2.15. The molecule has 0 aliphatic rings. The van der Waals surface area contributed by atoms with Crippen LogP contribution in [0.5, 0.6) is 0 Å². The van der Waals surface area contributed by atoms with E-state index in [2.05, 4.69) is 44.2 Å². The Balaban J connectivity index is 2.46. The van der Waals surface area contributed by atoms with Gasteiger partial charge in [0.05, 0.1) is 9.52 Å². The Morgan fingerprint density at radius 3 is 2.38 bits per heavy atom. The van der Waals surface area contributed by atoms with Crippen molar-refractivity contribution in [3.05, 3.63) is 30.3 Å². The Bertz CT molecular complexity index is 218. The first-order valence-electron chi connectivity index (χ1n) is 5.18. The Morgan fingerprint density at radius 2 is 1.85 bits per heavy atom. The largest absolute Gasteiger partial charge is 0.0842 e. The molecule has 1 aromatic rings. The predicted octanol–water partition coefficient (Wildman–Crippen LogP) is 3.01. The second-order valence-electron chi connectivity index (χ2n) is 3.40. The number of hydrogen-bond acceptors (Lipinski definition) is 0. The van der Waals surface area contributed by atoms with Crippen molar-refractivity contribution in [1.82, 2.24) is 0 Å². The summed E-state index contributed by atoms with van der Waals surface area (Å²) in [6.07, 6.45) is 4.02. The molecule has 0 spiro atoms. The van der Waals surface area contributed by atoms with Crippen LogP contribution in [0.3, 0.4) is 0 Å². The number of benzene rings is 1. The molecule has 0 aliphatic heterocycles. The second-order valence-corrected chi connectivity index (χ2v) is 5.09. The second kappa shape index (κ2) is 5.98. The molecule has 1 unspecified atom stereocenters. The summed E-state index contributed by atoms with van der Waals surface area (Å²) in [6, 6.07) is 10.9. The summed E-state index contributed by atoms with van der Waals surface area (Å²) in [5, 5.41) is 1.52. The third-order valence-electron chi connectivity index (χ3n) is 2.27. The molecule has 1 heteroatoms. The molecule has 1 aromatic carbocycles. The van der Waals surface area contributed by atoms with Gasteiger partial charge < -0.3 is 0 Å². The molecule has 0 nitrogen and oxygen atoms in total. The molecule has 0 N–H and O–H groups in total. The molecular weight excluding hydrogens is 172 g/mol. The summed E-state index contributed by atoms with van der Waals surface area (Å²) in [7, 11) is 1.00. The van der Waals surface area contributed by atoms with Crippen molar-refractivity contribution in [1.29, 1.82) is 0 Å². The van der Waals surface area contributed by atoms with Crippen LogP contribution >= 0.6 is 0 Å². The minimum Gasteiger partial charge on any atom is -0.0654 e. The monoisotopic (exact) mass is 190 g/mol. The smallest absolute Gasteiger partial charge is 0.0654 e. The summed E-state index contributed by atoms with van der Waals surface area (Å²) < 4.78 is 0. The Morgan fingerprint density at radius 1 is 1.15 bits per heavy atom. The molecule has 13 heavy (non-hydrogen) atoms. The van der Waals surface area contributed by atoms with Gasteiger partial charge in [-0.25, -0.2) is 0 Å². The van der Waals surface area contributed by atoms with Crippen LogP contribution in [0.1, 0.15) is 33.1 Å². The van der Waals surface area contributed by atoms with Crippen molar-refractivity contribution in [2.75, 3.05) is 0 Å². The lowest BCUT2D eigenvalue weighted by atomic mass is 10.2. The van der Waals surface area contributed by atoms with Crippen LogP contribution in [0.4, 0.5) is 0 Å². The first-order chi connectivity index (χ1) is 6.36. The molecule has 0 bridgehead atoms. The van der Waals surface area contributed by atoms with E-state index in [1.54, 1.807) is 0 Å². The highest BCUT2D eigenvalue weighted by atomic mass is 28.2. The van der Waals surface area contributed by atoms with Gasteiger partial charge in [-0.3, -0.25) is 0 Å². The van der Waals surface area contributed by atoms with E-state index in [4.69, 9.17) is 0 Å². The fraction of sp³-hybridized carbons (Fsp3) is 0.500. The Labute approximate surface area is 84.2 Å². The van der Waals surface area contributed by atoms with E-state index in [9.17, 15) is 0 Å². The standard InChI is InChI=1S/C12H18Si/c1-3-8-11(4-2)13-12-9-6-5-7-10-12/h5-7,9-11H,3-4,8H2,1-2H3. The van der Waals surface area contributed by atoms with Gasteiger partial charge in [0.25, 0.3) is 0 Å². The molecule has 2 radical (unpaired) electrons. The summed E-state index contributed by atoms with van der Waals surface area (Å²) in [6.45, 7) is 4.58. The minimum absolute atomic E-state index is 0.910. The van der Waals surface area contributed by atoms with Crippen LogP contribution < -0.4 is 5.19 Å². The van der Waals surface area contributed by atoms with Crippen molar-refractivity contribution in [2.24, 2.45) is 0 Å². The summed E-state index contributed by atoms with van der Waals surface area (Å²) in [5.41, 5.74) is 0.910. The van der Waals surface area contributed by atoms with E-state index < -0.39 is 0 Å². The van der Waals surface area contributed by atoms with Gasteiger partial charge in [-0.1, -0.05) is 68.6 Å². The molecule has 1 rings (SSSR count). The van der Waals surface area contributed by atoms with E-state index in [1.165, 1.54) is 24.4 Å². The zero-order chi connectivity index (χ0) is 9.52. The van der Waals surface area contributed by atoms with E-state index in [1.807, 2.05) is 0 Å². The van der Waals surface area contributed by atoms with Gasteiger partial charge in [-0.15, -0.1) is 0 Å². The fourth-order valence-corrected chi connectivity index (χ4v) is 2.99. The lowest BCUT2D eigenvalue weighted by Crippen LogP contribution is -2.18. The molecule has 0 aromatic heterocycles. The Hall–Kier alpha value is -0.563. The van der Waals surface area contributed by atoms with Crippen LogP contribution in [0.25, 0.3) is 0 Å². The molecule has 1 atom stereocenters. The molecule has 0 fully saturated rings. The maximum Gasteiger partial charge on any atom is 0.0842 e. The van der Waals surface area contributed by atoms with E-state index in [-0.39, 0.29) is 0 Å². The highest BCUT2D eigenvalue weighted by molar-refractivity contribution is 6.54. The van der Waals surface area contributed by atoms with Gasteiger partial charge in [0.2, 0.25) is 0 Å². The molecule has 0 aliphatic carbocycles. The van der Waals surface area contributed by atoms with Crippen molar-refractivity contribution >= 4 is 14.7 Å². The van der Waals surface area contributed by atoms with Crippen molar-refractivity contribution in [2.45, 2.75) is 38.7 Å². The van der Waals surface area contributed by atoms with Crippen LogP contribution in [0, 0.1) is 0 Å². The highest BCUT2D eigenvalue weighted by Gasteiger charge is 2.06. The van der Waals surface area contributed by atoms with Gasteiger partial charge in [0, 0.05) is 0 Å². The fourth-order valence-electron chi connectivity index (χ4n) is 1.50. The van der Waals surface area contributed by atoms with E-state index >= 15 is 0 Å². The van der Waals surface area contributed by atoms with Crippen molar-refractivity contribution < 1.29 is 0 Å². The predicted molar refractivity (Wildman–Crippen MR) is 60.8 cm³/mol. The third-order valence-corrected chi connectivity index (χ3v) is 4.05. The Kier molecular flexibility index (Phi) is 4.84. The van der Waals surface area contributed by atoms with Crippen LogP contribution in [0.2, 0.25) is 5.54 Å². The molecule has 70 valence electrons. The average molecular weight is 190 g/mol.